The summed E-state index contributed by atoms with van der Waals surface area (Å²) < 4.78 is 1.13. The van der Waals surface area contributed by atoms with Crippen LogP contribution in [0.4, 0.5) is 5.69 Å². The van der Waals surface area contributed by atoms with Crippen molar-refractivity contribution in [2.24, 2.45) is 0 Å². The Hall–Kier alpha value is -1.35. The number of nitrogens with one attached hydrogen (secondary N) is 1. The van der Waals surface area contributed by atoms with Gasteiger partial charge in [0.1, 0.15) is 0 Å². The summed E-state index contributed by atoms with van der Waals surface area (Å²) in [6, 6.07) is 8.24. The maximum Gasteiger partial charge on any atom is 0.0490 e. The Morgan fingerprint density at radius 3 is 2.76 bits per heavy atom. The molecule has 0 fully saturated rings. The molecule has 3 heteroatoms. The van der Waals surface area contributed by atoms with Gasteiger partial charge >= 0.3 is 0 Å². The number of aryl methyl sites for hydroxylation is 2. The second-order valence-electron chi connectivity index (χ2n) is 4.09. The van der Waals surface area contributed by atoms with E-state index in [1.54, 1.807) is 0 Å². The Morgan fingerprint density at radius 2 is 2.00 bits per heavy atom. The third-order valence-electron chi connectivity index (χ3n) is 2.81. The van der Waals surface area contributed by atoms with Crippen LogP contribution in [0, 0.1) is 13.8 Å². The first kappa shape index (κ1) is 12.1. The number of rotatable bonds is 3. The number of hydrogen-bond donors (Lipinski definition) is 1. The Morgan fingerprint density at radius 1 is 1.18 bits per heavy atom. The topological polar surface area (TPSA) is 24.9 Å². The summed E-state index contributed by atoms with van der Waals surface area (Å²) in [7, 11) is 0. The average Bonchev–Trinajstić information content (AvgIpc) is 2.33. The minimum atomic E-state index is 0.793. The second kappa shape index (κ2) is 5.32. The quantitative estimate of drug-likeness (QED) is 0.922. The molecule has 0 bridgehead atoms. The first-order valence-electron chi connectivity index (χ1n) is 5.57. The number of benzene rings is 1. The highest BCUT2D eigenvalue weighted by Gasteiger charge is 2.02. The number of aromatic nitrogens is 1. The number of nitrogens with zero attached hydrogens (tertiary/aromatic N) is 1. The Bertz CT molecular complexity index is 523. The summed E-state index contributed by atoms with van der Waals surface area (Å²) in [5.41, 5.74) is 4.84. The summed E-state index contributed by atoms with van der Waals surface area (Å²) in [5, 5.41) is 3.42. The van der Waals surface area contributed by atoms with Crippen molar-refractivity contribution in [3.05, 3.63) is 57.8 Å². The SMILES string of the molecule is Cc1ccncc1CNc1cccc(C)c1Br. The van der Waals surface area contributed by atoms with Crippen LogP contribution in [0.15, 0.2) is 41.1 Å². The summed E-state index contributed by atoms with van der Waals surface area (Å²) >= 11 is 3.59. The highest BCUT2D eigenvalue weighted by molar-refractivity contribution is 9.10. The van der Waals surface area contributed by atoms with Crippen molar-refractivity contribution in [1.82, 2.24) is 4.98 Å². The normalized spacial score (nSPS) is 10.3. The van der Waals surface area contributed by atoms with Gasteiger partial charge in [-0.05, 0) is 58.6 Å². The standard InChI is InChI=1S/C14H15BrN2/c1-10-6-7-16-8-12(10)9-17-13-5-3-4-11(2)14(13)15/h3-8,17H,9H2,1-2H3. The van der Waals surface area contributed by atoms with Crippen molar-refractivity contribution in [3.8, 4) is 0 Å². The second-order valence-corrected chi connectivity index (χ2v) is 4.89. The molecule has 0 saturated heterocycles. The molecule has 17 heavy (non-hydrogen) atoms. The van der Waals surface area contributed by atoms with E-state index >= 15 is 0 Å². The predicted octanol–water partition coefficient (Wildman–Crippen LogP) is 4.07. The number of anilines is 1. The third kappa shape index (κ3) is 2.86. The molecule has 1 N–H and O–H groups in total. The van der Waals surface area contributed by atoms with E-state index in [2.05, 4.69) is 58.3 Å². The van der Waals surface area contributed by atoms with E-state index in [0.717, 1.165) is 16.7 Å². The number of hydrogen-bond acceptors (Lipinski definition) is 2. The van der Waals surface area contributed by atoms with Crippen LogP contribution < -0.4 is 5.32 Å². The van der Waals surface area contributed by atoms with E-state index in [1.165, 1.54) is 16.7 Å². The van der Waals surface area contributed by atoms with Crippen LogP contribution in [0.2, 0.25) is 0 Å². The van der Waals surface area contributed by atoms with Gasteiger partial charge < -0.3 is 5.32 Å². The van der Waals surface area contributed by atoms with Gasteiger partial charge in [-0.3, -0.25) is 4.98 Å². The fraction of sp³-hybridized carbons (Fsp3) is 0.214. The highest BCUT2D eigenvalue weighted by atomic mass is 79.9. The van der Waals surface area contributed by atoms with Gasteiger partial charge in [-0.2, -0.15) is 0 Å². The lowest BCUT2D eigenvalue weighted by Gasteiger charge is -2.11. The lowest BCUT2D eigenvalue weighted by Crippen LogP contribution is -2.02. The van der Waals surface area contributed by atoms with Crippen LogP contribution in [0.5, 0.6) is 0 Å². The zero-order chi connectivity index (χ0) is 12.3. The van der Waals surface area contributed by atoms with Gasteiger partial charge in [-0.1, -0.05) is 12.1 Å². The summed E-state index contributed by atoms with van der Waals surface area (Å²) in [5.74, 6) is 0. The van der Waals surface area contributed by atoms with Gasteiger partial charge in [-0.15, -0.1) is 0 Å². The van der Waals surface area contributed by atoms with Gasteiger partial charge in [0.25, 0.3) is 0 Å². The molecule has 0 radical (unpaired) electrons. The van der Waals surface area contributed by atoms with E-state index < -0.39 is 0 Å². The van der Waals surface area contributed by atoms with E-state index in [0.29, 0.717) is 0 Å². The van der Waals surface area contributed by atoms with Crippen LogP contribution in [-0.4, -0.2) is 4.98 Å². The van der Waals surface area contributed by atoms with Crippen molar-refractivity contribution >= 4 is 21.6 Å². The molecule has 2 rings (SSSR count). The van der Waals surface area contributed by atoms with Crippen molar-refractivity contribution in [1.29, 1.82) is 0 Å². The molecule has 0 aliphatic heterocycles. The summed E-state index contributed by atoms with van der Waals surface area (Å²) in [6.07, 6.45) is 3.73. The molecule has 0 spiro atoms. The van der Waals surface area contributed by atoms with Gasteiger partial charge in [0.05, 0.1) is 0 Å². The molecule has 0 amide bonds. The average molecular weight is 291 g/mol. The van der Waals surface area contributed by atoms with Gasteiger partial charge in [-0.25, -0.2) is 0 Å². The Kier molecular flexibility index (Phi) is 3.79. The monoisotopic (exact) mass is 290 g/mol. The van der Waals surface area contributed by atoms with E-state index in [9.17, 15) is 0 Å². The minimum Gasteiger partial charge on any atom is -0.380 e. The fourth-order valence-electron chi connectivity index (χ4n) is 1.66. The van der Waals surface area contributed by atoms with Crippen molar-refractivity contribution < 1.29 is 0 Å². The van der Waals surface area contributed by atoms with E-state index in [4.69, 9.17) is 0 Å². The molecule has 0 aliphatic rings. The molecule has 0 aliphatic carbocycles. The van der Waals surface area contributed by atoms with E-state index in [-0.39, 0.29) is 0 Å². The van der Waals surface area contributed by atoms with Crippen LogP contribution in [0.1, 0.15) is 16.7 Å². The first-order chi connectivity index (χ1) is 8.18. The molecule has 1 aromatic heterocycles. The Balaban J connectivity index is 2.13. The van der Waals surface area contributed by atoms with Crippen LogP contribution in [-0.2, 0) is 6.54 Å². The molecular weight excluding hydrogens is 276 g/mol. The van der Waals surface area contributed by atoms with Gasteiger partial charge in [0.15, 0.2) is 0 Å². The number of halogens is 1. The maximum absolute atomic E-state index is 4.15. The molecule has 1 heterocycles. The molecule has 88 valence electrons. The number of pyridine rings is 1. The van der Waals surface area contributed by atoms with Crippen LogP contribution >= 0.6 is 15.9 Å². The smallest absolute Gasteiger partial charge is 0.0490 e. The van der Waals surface area contributed by atoms with Crippen molar-refractivity contribution in [2.75, 3.05) is 5.32 Å². The van der Waals surface area contributed by atoms with Gasteiger partial charge in [0, 0.05) is 29.1 Å². The minimum absolute atomic E-state index is 0.793. The molecule has 2 nitrogen and oxygen atoms in total. The molecular formula is C14H15BrN2. The predicted molar refractivity (Wildman–Crippen MR) is 75.2 cm³/mol. The highest BCUT2D eigenvalue weighted by Crippen LogP contribution is 2.26. The maximum atomic E-state index is 4.15. The Labute approximate surface area is 110 Å². The summed E-state index contributed by atoms with van der Waals surface area (Å²) in [4.78, 5) is 4.15. The molecule has 0 unspecified atom stereocenters. The van der Waals surface area contributed by atoms with Gasteiger partial charge in [0.2, 0.25) is 0 Å². The lowest BCUT2D eigenvalue weighted by atomic mass is 10.1. The zero-order valence-electron chi connectivity index (χ0n) is 10.00. The lowest BCUT2D eigenvalue weighted by molar-refractivity contribution is 1.08. The van der Waals surface area contributed by atoms with Crippen molar-refractivity contribution in [2.45, 2.75) is 20.4 Å². The third-order valence-corrected chi connectivity index (χ3v) is 3.86. The molecule has 0 atom stereocenters. The largest absolute Gasteiger partial charge is 0.380 e. The fourth-order valence-corrected chi connectivity index (χ4v) is 2.06. The van der Waals surface area contributed by atoms with E-state index in [1.807, 2.05) is 18.5 Å². The first-order valence-corrected chi connectivity index (χ1v) is 6.36. The van der Waals surface area contributed by atoms with Crippen LogP contribution in [0.25, 0.3) is 0 Å². The summed E-state index contributed by atoms with van der Waals surface area (Å²) in [6.45, 7) is 4.98. The molecule has 1 aromatic carbocycles. The molecule has 0 saturated carbocycles. The van der Waals surface area contributed by atoms with Crippen molar-refractivity contribution in [3.63, 3.8) is 0 Å². The molecule has 2 aromatic rings. The zero-order valence-corrected chi connectivity index (χ0v) is 11.6. The van der Waals surface area contributed by atoms with Crippen LogP contribution in [0.3, 0.4) is 0 Å².